The van der Waals surface area contributed by atoms with E-state index in [-0.39, 0.29) is 5.91 Å². The molecule has 0 saturated carbocycles. The molecule has 0 aromatic carbocycles. The topological polar surface area (TPSA) is 51.0 Å². The number of nitrogens with zero attached hydrogens (tertiary/aromatic N) is 4. The minimum atomic E-state index is -0.0944. The number of carbonyl (C=O) groups excluding carboxylic acids is 1. The molecule has 0 radical (unpaired) electrons. The number of pyridine rings is 1. The number of hydrogen-bond acceptors (Lipinski definition) is 3. The normalized spacial score (nSPS) is 10.4. The second kappa shape index (κ2) is 5.18. The lowest BCUT2D eigenvalue weighted by molar-refractivity contribution is 0.0784. The molecule has 0 N–H and O–H groups in total. The second-order valence-corrected chi connectivity index (χ2v) is 4.44. The summed E-state index contributed by atoms with van der Waals surface area (Å²) in [5, 5.41) is 4.44. The van der Waals surface area contributed by atoms with Crippen LogP contribution in [-0.4, -0.2) is 32.6 Å². The van der Waals surface area contributed by atoms with E-state index < -0.39 is 0 Å². The number of rotatable bonds is 3. The maximum atomic E-state index is 12.1. The quantitative estimate of drug-likeness (QED) is 0.794. The Morgan fingerprint density at radius 3 is 2.78 bits per heavy atom. The Balaban J connectivity index is 2.07. The molecular formula is C12H13ClN4O. The SMILES string of the molecule is CN(Cc1cnn(C)c1)C(=O)c1ccc(Cl)nc1. The molecule has 0 saturated heterocycles. The number of halogens is 1. The molecule has 2 heterocycles. The summed E-state index contributed by atoms with van der Waals surface area (Å²) in [7, 11) is 3.58. The van der Waals surface area contributed by atoms with Crippen LogP contribution < -0.4 is 0 Å². The third-order valence-corrected chi connectivity index (χ3v) is 2.72. The van der Waals surface area contributed by atoms with Crippen molar-refractivity contribution < 1.29 is 4.79 Å². The fourth-order valence-electron chi connectivity index (χ4n) is 1.62. The largest absolute Gasteiger partial charge is 0.337 e. The Bertz CT molecular complexity index is 549. The van der Waals surface area contributed by atoms with E-state index in [1.807, 2.05) is 13.2 Å². The van der Waals surface area contributed by atoms with Gasteiger partial charge in [-0.2, -0.15) is 5.10 Å². The lowest BCUT2D eigenvalue weighted by atomic mass is 10.2. The highest BCUT2D eigenvalue weighted by molar-refractivity contribution is 6.29. The first-order valence-corrected chi connectivity index (χ1v) is 5.78. The van der Waals surface area contributed by atoms with Gasteiger partial charge in [-0.1, -0.05) is 11.6 Å². The monoisotopic (exact) mass is 264 g/mol. The van der Waals surface area contributed by atoms with Crippen LogP contribution in [0.15, 0.2) is 30.7 Å². The van der Waals surface area contributed by atoms with Gasteiger partial charge in [0.05, 0.1) is 11.8 Å². The van der Waals surface area contributed by atoms with Crippen LogP contribution in [0.3, 0.4) is 0 Å². The van der Waals surface area contributed by atoms with Crippen LogP contribution in [0.1, 0.15) is 15.9 Å². The zero-order valence-electron chi connectivity index (χ0n) is 10.2. The molecule has 0 atom stereocenters. The van der Waals surface area contributed by atoms with Crippen LogP contribution in [-0.2, 0) is 13.6 Å². The number of aryl methyl sites for hydroxylation is 1. The van der Waals surface area contributed by atoms with Gasteiger partial charge in [0.25, 0.3) is 5.91 Å². The average molecular weight is 265 g/mol. The summed E-state index contributed by atoms with van der Waals surface area (Å²) in [6, 6.07) is 3.27. The first-order valence-electron chi connectivity index (χ1n) is 5.41. The Labute approximate surface area is 110 Å². The van der Waals surface area contributed by atoms with Gasteiger partial charge in [-0.15, -0.1) is 0 Å². The Morgan fingerprint density at radius 1 is 1.44 bits per heavy atom. The van der Waals surface area contributed by atoms with E-state index in [1.54, 1.807) is 35.0 Å². The molecule has 0 bridgehead atoms. The molecule has 0 aliphatic heterocycles. The van der Waals surface area contributed by atoms with E-state index in [9.17, 15) is 4.79 Å². The van der Waals surface area contributed by atoms with Gasteiger partial charge in [-0.25, -0.2) is 4.98 Å². The standard InChI is InChI=1S/C12H13ClN4O/c1-16(7-9-5-15-17(2)8-9)12(18)10-3-4-11(13)14-6-10/h3-6,8H,7H2,1-2H3. The highest BCUT2D eigenvalue weighted by Crippen LogP contribution is 2.09. The lowest BCUT2D eigenvalue weighted by Crippen LogP contribution is -2.26. The zero-order chi connectivity index (χ0) is 13.1. The smallest absolute Gasteiger partial charge is 0.255 e. The van der Waals surface area contributed by atoms with Gasteiger partial charge in [0.1, 0.15) is 5.15 Å². The molecule has 2 aromatic heterocycles. The molecule has 0 aliphatic carbocycles. The second-order valence-electron chi connectivity index (χ2n) is 4.05. The van der Waals surface area contributed by atoms with Crippen LogP contribution in [0.25, 0.3) is 0 Å². The third-order valence-electron chi connectivity index (χ3n) is 2.50. The maximum Gasteiger partial charge on any atom is 0.255 e. The van der Waals surface area contributed by atoms with Crippen molar-refractivity contribution in [3.05, 3.63) is 47.0 Å². The minimum absolute atomic E-state index is 0.0944. The van der Waals surface area contributed by atoms with Gasteiger partial charge in [0.15, 0.2) is 0 Å². The highest BCUT2D eigenvalue weighted by Gasteiger charge is 2.12. The molecule has 1 amide bonds. The fourth-order valence-corrected chi connectivity index (χ4v) is 1.73. The van der Waals surface area contributed by atoms with Crippen molar-refractivity contribution in [1.82, 2.24) is 19.7 Å². The Morgan fingerprint density at radius 2 is 2.22 bits per heavy atom. The van der Waals surface area contributed by atoms with E-state index >= 15 is 0 Å². The van der Waals surface area contributed by atoms with Crippen molar-refractivity contribution in [2.45, 2.75) is 6.54 Å². The molecular weight excluding hydrogens is 252 g/mol. The van der Waals surface area contributed by atoms with Gasteiger partial charge in [-0.3, -0.25) is 9.48 Å². The zero-order valence-corrected chi connectivity index (χ0v) is 10.9. The van der Waals surface area contributed by atoms with Gasteiger partial charge in [0.2, 0.25) is 0 Å². The molecule has 2 rings (SSSR count). The van der Waals surface area contributed by atoms with E-state index in [0.29, 0.717) is 17.3 Å². The predicted octanol–water partition coefficient (Wildman–Crippen LogP) is 1.74. The summed E-state index contributed by atoms with van der Waals surface area (Å²) in [5.41, 5.74) is 1.50. The average Bonchev–Trinajstić information content (AvgIpc) is 2.75. The molecule has 6 heteroatoms. The van der Waals surface area contributed by atoms with Crippen molar-refractivity contribution in [3.63, 3.8) is 0 Å². The summed E-state index contributed by atoms with van der Waals surface area (Å²) in [5.74, 6) is -0.0944. The van der Waals surface area contributed by atoms with Crippen molar-refractivity contribution in [3.8, 4) is 0 Å². The first-order chi connectivity index (χ1) is 8.56. The molecule has 2 aromatic rings. The molecule has 18 heavy (non-hydrogen) atoms. The molecule has 94 valence electrons. The highest BCUT2D eigenvalue weighted by atomic mass is 35.5. The van der Waals surface area contributed by atoms with E-state index in [0.717, 1.165) is 5.56 Å². The van der Waals surface area contributed by atoms with E-state index in [4.69, 9.17) is 11.6 Å². The Kier molecular flexibility index (Phi) is 3.62. The van der Waals surface area contributed by atoms with Crippen LogP contribution in [0.4, 0.5) is 0 Å². The van der Waals surface area contributed by atoms with Crippen molar-refractivity contribution >= 4 is 17.5 Å². The van der Waals surface area contributed by atoms with Crippen LogP contribution in [0, 0.1) is 0 Å². The summed E-state index contributed by atoms with van der Waals surface area (Å²) in [6.07, 6.45) is 5.10. The Hall–Kier alpha value is -1.88. The third kappa shape index (κ3) is 2.87. The van der Waals surface area contributed by atoms with Crippen molar-refractivity contribution in [2.75, 3.05) is 7.05 Å². The first kappa shape index (κ1) is 12.6. The number of aromatic nitrogens is 3. The summed E-state index contributed by atoms with van der Waals surface area (Å²) in [6.45, 7) is 0.509. The summed E-state index contributed by atoms with van der Waals surface area (Å²) in [4.78, 5) is 17.6. The maximum absolute atomic E-state index is 12.1. The number of amides is 1. The van der Waals surface area contributed by atoms with E-state index in [2.05, 4.69) is 10.1 Å². The molecule has 0 unspecified atom stereocenters. The lowest BCUT2D eigenvalue weighted by Gasteiger charge is -2.15. The molecule has 0 aliphatic rings. The van der Waals surface area contributed by atoms with E-state index in [1.165, 1.54) is 6.20 Å². The summed E-state index contributed by atoms with van der Waals surface area (Å²) < 4.78 is 1.71. The van der Waals surface area contributed by atoms with Gasteiger partial charge >= 0.3 is 0 Å². The van der Waals surface area contributed by atoms with Crippen LogP contribution in [0.2, 0.25) is 5.15 Å². The molecule has 0 fully saturated rings. The van der Waals surface area contributed by atoms with Crippen LogP contribution >= 0.6 is 11.6 Å². The minimum Gasteiger partial charge on any atom is -0.337 e. The van der Waals surface area contributed by atoms with Crippen molar-refractivity contribution in [1.29, 1.82) is 0 Å². The predicted molar refractivity (Wildman–Crippen MR) is 68.3 cm³/mol. The number of hydrogen-bond donors (Lipinski definition) is 0. The van der Waals surface area contributed by atoms with Crippen LogP contribution in [0.5, 0.6) is 0 Å². The van der Waals surface area contributed by atoms with Gasteiger partial charge in [0, 0.05) is 38.6 Å². The molecule has 0 spiro atoms. The van der Waals surface area contributed by atoms with Gasteiger partial charge in [-0.05, 0) is 12.1 Å². The van der Waals surface area contributed by atoms with Crippen molar-refractivity contribution in [2.24, 2.45) is 7.05 Å². The molecule has 5 nitrogen and oxygen atoms in total. The fraction of sp³-hybridized carbons (Fsp3) is 0.250. The number of carbonyl (C=O) groups is 1. The summed E-state index contributed by atoms with van der Waals surface area (Å²) >= 11 is 5.68. The van der Waals surface area contributed by atoms with Gasteiger partial charge < -0.3 is 4.90 Å².